The Labute approximate surface area is 80.7 Å². The maximum absolute atomic E-state index is 8.82. The van der Waals surface area contributed by atoms with Crippen molar-refractivity contribution in [3.05, 3.63) is 22.6 Å². The minimum Gasteiger partial charge on any atom is -0.454 e. The fraction of sp³-hybridized carbons (Fsp3) is 0.556. The van der Waals surface area contributed by atoms with Crippen molar-refractivity contribution in [2.75, 3.05) is 6.61 Å². The summed E-state index contributed by atoms with van der Waals surface area (Å²) in [5.74, 6) is 0.906. The second-order valence-corrected chi connectivity index (χ2v) is 4.24. The molecule has 1 aromatic heterocycles. The van der Waals surface area contributed by atoms with Crippen molar-refractivity contribution in [2.24, 2.45) is 0 Å². The lowest BCUT2D eigenvalue weighted by atomic mass is 9.87. The number of halogens is 1. The van der Waals surface area contributed by atoms with Crippen LogP contribution in [-0.4, -0.2) is 11.7 Å². The molecule has 1 aromatic rings. The number of aliphatic hydroxyl groups is 1. The van der Waals surface area contributed by atoms with Crippen LogP contribution in [-0.2, 0) is 5.41 Å². The third-order valence-electron chi connectivity index (χ3n) is 1.98. The Balaban J connectivity index is 2.81. The molecule has 2 nitrogen and oxygen atoms in total. The van der Waals surface area contributed by atoms with E-state index < -0.39 is 0 Å². The first-order valence-electron chi connectivity index (χ1n) is 3.93. The molecule has 0 atom stereocenters. The van der Waals surface area contributed by atoms with Gasteiger partial charge < -0.3 is 9.52 Å². The van der Waals surface area contributed by atoms with Gasteiger partial charge in [0.25, 0.3) is 0 Å². The fourth-order valence-electron chi connectivity index (χ4n) is 1.08. The van der Waals surface area contributed by atoms with Crippen LogP contribution in [0.25, 0.3) is 0 Å². The first kappa shape index (κ1) is 9.81. The molecule has 1 rings (SSSR count). The van der Waals surface area contributed by atoms with Gasteiger partial charge in [0.05, 0.1) is 0 Å². The topological polar surface area (TPSA) is 33.4 Å². The van der Waals surface area contributed by atoms with Crippen molar-refractivity contribution < 1.29 is 9.52 Å². The molecule has 0 fully saturated rings. The van der Waals surface area contributed by atoms with Crippen molar-refractivity contribution in [1.29, 1.82) is 0 Å². The summed E-state index contributed by atoms with van der Waals surface area (Å²) < 4.78 is 6.15. The highest BCUT2D eigenvalue weighted by molar-refractivity contribution is 9.10. The van der Waals surface area contributed by atoms with Crippen LogP contribution in [0.15, 0.2) is 21.2 Å². The van der Waals surface area contributed by atoms with Crippen LogP contribution in [0, 0.1) is 0 Å². The molecule has 0 bridgehead atoms. The third kappa shape index (κ3) is 2.11. The molecule has 0 aromatic carbocycles. The molecule has 0 aliphatic rings. The zero-order chi connectivity index (χ0) is 9.19. The van der Waals surface area contributed by atoms with Crippen molar-refractivity contribution >= 4 is 15.9 Å². The molecule has 0 unspecified atom stereocenters. The molecular weight excluding hydrogens is 220 g/mol. The SMILES string of the molecule is CC(C)(CCO)c1ccc(Br)o1. The van der Waals surface area contributed by atoms with Crippen molar-refractivity contribution in [3.8, 4) is 0 Å². The molecular formula is C9H13BrO2. The maximum Gasteiger partial charge on any atom is 0.169 e. The van der Waals surface area contributed by atoms with Gasteiger partial charge in [-0.05, 0) is 34.5 Å². The number of aliphatic hydroxyl groups excluding tert-OH is 1. The van der Waals surface area contributed by atoms with Crippen LogP contribution in [0.3, 0.4) is 0 Å². The zero-order valence-electron chi connectivity index (χ0n) is 7.30. The van der Waals surface area contributed by atoms with Gasteiger partial charge in [-0.3, -0.25) is 0 Å². The summed E-state index contributed by atoms with van der Waals surface area (Å²) in [5, 5.41) is 8.82. The summed E-state index contributed by atoms with van der Waals surface area (Å²) in [6.07, 6.45) is 0.715. The van der Waals surface area contributed by atoms with E-state index in [0.717, 1.165) is 10.4 Å². The minimum absolute atomic E-state index is 0.0826. The normalized spacial score (nSPS) is 12.0. The summed E-state index contributed by atoms with van der Waals surface area (Å²) in [7, 11) is 0. The average Bonchev–Trinajstić information content (AvgIpc) is 2.36. The summed E-state index contributed by atoms with van der Waals surface area (Å²) in [5.41, 5.74) is -0.0826. The van der Waals surface area contributed by atoms with Gasteiger partial charge in [-0.2, -0.15) is 0 Å². The second-order valence-electron chi connectivity index (χ2n) is 3.46. The van der Waals surface area contributed by atoms with Gasteiger partial charge >= 0.3 is 0 Å². The Morgan fingerprint density at radius 3 is 2.58 bits per heavy atom. The van der Waals surface area contributed by atoms with Gasteiger partial charge in [-0.1, -0.05) is 13.8 Å². The first-order chi connectivity index (χ1) is 5.56. The quantitative estimate of drug-likeness (QED) is 0.870. The number of rotatable bonds is 3. The Hall–Kier alpha value is -0.280. The Bertz CT molecular complexity index is 253. The lowest BCUT2D eigenvalue weighted by molar-refractivity contribution is 0.235. The number of furan rings is 1. The van der Waals surface area contributed by atoms with Crippen LogP contribution in [0.4, 0.5) is 0 Å². The van der Waals surface area contributed by atoms with E-state index in [1.54, 1.807) is 0 Å². The number of hydrogen-bond donors (Lipinski definition) is 1. The molecule has 0 aliphatic carbocycles. The lowest BCUT2D eigenvalue weighted by Crippen LogP contribution is -2.17. The summed E-state index contributed by atoms with van der Waals surface area (Å²) in [6, 6.07) is 3.80. The van der Waals surface area contributed by atoms with Crippen LogP contribution >= 0.6 is 15.9 Å². The molecule has 1 N–H and O–H groups in total. The van der Waals surface area contributed by atoms with Gasteiger partial charge in [-0.15, -0.1) is 0 Å². The van der Waals surface area contributed by atoms with E-state index in [-0.39, 0.29) is 12.0 Å². The molecule has 0 amide bonds. The predicted octanol–water partition coefficient (Wildman–Crippen LogP) is 2.70. The second kappa shape index (κ2) is 3.62. The molecule has 0 spiro atoms. The third-order valence-corrected chi connectivity index (χ3v) is 2.40. The first-order valence-corrected chi connectivity index (χ1v) is 4.72. The molecule has 1 heterocycles. The highest BCUT2D eigenvalue weighted by atomic mass is 79.9. The monoisotopic (exact) mass is 232 g/mol. The molecule has 0 saturated heterocycles. The summed E-state index contributed by atoms with van der Waals surface area (Å²) in [4.78, 5) is 0. The predicted molar refractivity (Wildman–Crippen MR) is 51.1 cm³/mol. The van der Waals surface area contributed by atoms with E-state index in [1.165, 1.54) is 0 Å². The Kier molecular flexibility index (Phi) is 2.96. The van der Waals surface area contributed by atoms with Crippen molar-refractivity contribution in [1.82, 2.24) is 0 Å². The molecule has 12 heavy (non-hydrogen) atoms. The van der Waals surface area contributed by atoms with Gasteiger partial charge in [0.15, 0.2) is 4.67 Å². The van der Waals surface area contributed by atoms with E-state index >= 15 is 0 Å². The fourth-order valence-corrected chi connectivity index (χ4v) is 1.39. The van der Waals surface area contributed by atoms with Crippen LogP contribution < -0.4 is 0 Å². The largest absolute Gasteiger partial charge is 0.454 e. The van der Waals surface area contributed by atoms with E-state index in [2.05, 4.69) is 29.8 Å². The minimum atomic E-state index is -0.0826. The zero-order valence-corrected chi connectivity index (χ0v) is 8.89. The van der Waals surface area contributed by atoms with E-state index in [9.17, 15) is 0 Å². The van der Waals surface area contributed by atoms with E-state index in [0.29, 0.717) is 6.42 Å². The molecule has 3 heteroatoms. The van der Waals surface area contributed by atoms with E-state index in [4.69, 9.17) is 9.52 Å². The van der Waals surface area contributed by atoms with Gasteiger partial charge in [-0.25, -0.2) is 0 Å². The van der Waals surface area contributed by atoms with Gasteiger partial charge in [0.2, 0.25) is 0 Å². The van der Waals surface area contributed by atoms with Crippen molar-refractivity contribution in [2.45, 2.75) is 25.7 Å². The van der Waals surface area contributed by atoms with Crippen LogP contribution in [0.2, 0.25) is 0 Å². The Morgan fingerprint density at radius 2 is 2.17 bits per heavy atom. The van der Waals surface area contributed by atoms with Gasteiger partial charge in [0, 0.05) is 12.0 Å². The van der Waals surface area contributed by atoms with Crippen LogP contribution in [0.1, 0.15) is 26.0 Å². The highest BCUT2D eigenvalue weighted by Crippen LogP contribution is 2.29. The maximum atomic E-state index is 8.82. The lowest BCUT2D eigenvalue weighted by Gasteiger charge is -2.20. The molecule has 68 valence electrons. The average molecular weight is 233 g/mol. The number of hydrogen-bond acceptors (Lipinski definition) is 2. The smallest absolute Gasteiger partial charge is 0.169 e. The van der Waals surface area contributed by atoms with Crippen molar-refractivity contribution in [3.63, 3.8) is 0 Å². The summed E-state index contributed by atoms with van der Waals surface area (Å²) in [6.45, 7) is 4.29. The van der Waals surface area contributed by atoms with E-state index in [1.807, 2.05) is 12.1 Å². The van der Waals surface area contributed by atoms with Gasteiger partial charge in [0.1, 0.15) is 5.76 Å². The summed E-state index contributed by atoms with van der Waals surface area (Å²) >= 11 is 3.25. The van der Waals surface area contributed by atoms with Crippen LogP contribution in [0.5, 0.6) is 0 Å². The molecule has 0 radical (unpaired) electrons. The molecule has 0 aliphatic heterocycles. The molecule has 0 saturated carbocycles. The highest BCUT2D eigenvalue weighted by Gasteiger charge is 2.23. The Morgan fingerprint density at radius 1 is 1.50 bits per heavy atom. The standard InChI is InChI=1S/C9H13BrO2/c1-9(2,5-6-11)7-3-4-8(10)12-7/h3-4,11H,5-6H2,1-2H3.